The minimum absolute atomic E-state index is 0.233. The number of aryl methyl sites for hydroxylation is 1. The zero-order chi connectivity index (χ0) is 16.7. The Balaban J connectivity index is 1.56. The molecule has 0 radical (unpaired) electrons. The summed E-state index contributed by atoms with van der Waals surface area (Å²) in [5, 5.41) is 13.3. The zero-order valence-electron chi connectivity index (χ0n) is 14.4. The van der Waals surface area contributed by atoms with Crippen molar-refractivity contribution in [2.45, 2.75) is 77.0 Å². The Morgan fingerprint density at radius 2 is 2.00 bits per heavy atom. The fourth-order valence-corrected chi connectivity index (χ4v) is 2.83. The van der Waals surface area contributed by atoms with Crippen LogP contribution in [0.1, 0.15) is 58.7 Å². The minimum atomic E-state index is -0.438. The maximum atomic E-state index is 11.8. The van der Waals surface area contributed by atoms with E-state index in [4.69, 9.17) is 4.74 Å². The Hall–Kier alpha value is -1.63. The van der Waals surface area contributed by atoms with Gasteiger partial charge in [-0.1, -0.05) is 0 Å². The maximum Gasteiger partial charge on any atom is 0.407 e. The summed E-state index contributed by atoms with van der Waals surface area (Å²) in [4.78, 5) is 15.9. The summed E-state index contributed by atoms with van der Waals surface area (Å²) in [6.45, 7) is 6.63. The van der Waals surface area contributed by atoms with Crippen LogP contribution in [0.4, 0.5) is 4.79 Å². The van der Waals surface area contributed by atoms with Gasteiger partial charge in [0.1, 0.15) is 17.8 Å². The molecule has 7 nitrogen and oxygen atoms in total. The van der Waals surface area contributed by atoms with E-state index in [1.807, 2.05) is 20.8 Å². The van der Waals surface area contributed by atoms with Gasteiger partial charge in [-0.15, -0.1) is 0 Å². The molecule has 130 valence electrons. The van der Waals surface area contributed by atoms with E-state index in [0.29, 0.717) is 6.04 Å². The third-order valence-electron chi connectivity index (χ3n) is 3.94. The molecule has 1 amide bonds. The van der Waals surface area contributed by atoms with E-state index in [9.17, 15) is 4.79 Å². The van der Waals surface area contributed by atoms with Crippen LogP contribution in [-0.4, -0.2) is 45.5 Å². The molecule has 7 heteroatoms. The lowest BCUT2D eigenvalue weighted by molar-refractivity contribution is 0.0490. The smallest absolute Gasteiger partial charge is 0.407 e. The highest BCUT2D eigenvalue weighted by Crippen LogP contribution is 2.19. The molecule has 1 aromatic heterocycles. The van der Waals surface area contributed by atoms with Crippen molar-refractivity contribution in [3.63, 3.8) is 0 Å². The summed E-state index contributed by atoms with van der Waals surface area (Å²) < 4.78 is 5.30. The first-order valence-corrected chi connectivity index (χ1v) is 8.49. The fourth-order valence-electron chi connectivity index (χ4n) is 2.83. The predicted molar refractivity (Wildman–Crippen MR) is 88.1 cm³/mol. The molecule has 1 saturated carbocycles. The molecule has 1 aliphatic rings. The van der Waals surface area contributed by atoms with Crippen molar-refractivity contribution in [3.8, 4) is 0 Å². The van der Waals surface area contributed by atoms with Gasteiger partial charge in [0.2, 0.25) is 0 Å². The predicted octanol–water partition coefficient (Wildman–Crippen LogP) is 2.16. The molecule has 1 aromatic rings. The summed E-state index contributed by atoms with van der Waals surface area (Å²) in [6.07, 6.45) is 7.38. The van der Waals surface area contributed by atoms with Crippen LogP contribution >= 0.6 is 0 Å². The van der Waals surface area contributed by atoms with Gasteiger partial charge in [0.05, 0.1) is 0 Å². The number of H-pyrrole nitrogens is 1. The average molecular weight is 323 g/mol. The average Bonchev–Trinajstić information content (AvgIpc) is 2.96. The summed E-state index contributed by atoms with van der Waals surface area (Å²) in [5.41, 5.74) is -0.438. The highest BCUT2D eigenvalue weighted by Gasteiger charge is 2.24. The van der Waals surface area contributed by atoms with Crippen LogP contribution in [0.2, 0.25) is 0 Å². The van der Waals surface area contributed by atoms with Gasteiger partial charge in [0.25, 0.3) is 0 Å². The fraction of sp³-hybridized carbons (Fsp3) is 0.812. The van der Waals surface area contributed by atoms with Crippen molar-refractivity contribution in [1.82, 2.24) is 25.8 Å². The Morgan fingerprint density at radius 3 is 2.61 bits per heavy atom. The van der Waals surface area contributed by atoms with Crippen LogP contribution in [0, 0.1) is 0 Å². The van der Waals surface area contributed by atoms with Crippen LogP contribution in [0.3, 0.4) is 0 Å². The number of aromatic amines is 1. The molecular weight excluding hydrogens is 294 g/mol. The Kier molecular flexibility index (Phi) is 6.38. The van der Waals surface area contributed by atoms with E-state index in [1.54, 1.807) is 6.33 Å². The van der Waals surface area contributed by atoms with Gasteiger partial charge >= 0.3 is 6.09 Å². The second-order valence-electron chi connectivity index (χ2n) is 7.18. The standard InChI is InChI=1S/C16H29N5O2/c1-16(2,3)23-15(22)20-13-8-6-12(7-9-13)17-10-4-5-14-18-11-19-21-14/h11-13,17H,4-10H2,1-3H3,(H,20,22)(H,18,19,21). The number of aromatic nitrogens is 3. The normalized spacial score (nSPS) is 21.9. The number of alkyl carbamates (subject to hydrolysis) is 1. The van der Waals surface area contributed by atoms with Crippen LogP contribution < -0.4 is 10.6 Å². The van der Waals surface area contributed by atoms with Crippen molar-refractivity contribution in [2.24, 2.45) is 0 Å². The molecule has 0 unspecified atom stereocenters. The van der Waals surface area contributed by atoms with Gasteiger partial charge in [-0.25, -0.2) is 9.78 Å². The number of rotatable bonds is 6. The first kappa shape index (κ1) is 17.7. The molecule has 3 N–H and O–H groups in total. The van der Waals surface area contributed by atoms with Crippen LogP contribution in [0.25, 0.3) is 0 Å². The first-order valence-electron chi connectivity index (χ1n) is 8.49. The van der Waals surface area contributed by atoms with Crippen molar-refractivity contribution in [1.29, 1.82) is 0 Å². The third-order valence-corrected chi connectivity index (χ3v) is 3.94. The van der Waals surface area contributed by atoms with Crippen molar-refractivity contribution in [2.75, 3.05) is 6.54 Å². The number of hydrogen-bond donors (Lipinski definition) is 3. The second-order valence-corrected chi connectivity index (χ2v) is 7.18. The topological polar surface area (TPSA) is 91.9 Å². The number of nitrogens with zero attached hydrogens (tertiary/aromatic N) is 2. The number of ether oxygens (including phenoxy) is 1. The van der Waals surface area contributed by atoms with Crippen molar-refractivity contribution >= 4 is 6.09 Å². The van der Waals surface area contributed by atoms with Gasteiger partial charge < -0.3 is 15.4 Å². The van der Waals surface area contributed by atoms with Gasteiger partial charge in [0, 0.05) is 18.5 Å². The van der Waals surface area contributed by atoms with E-state index in [0.717, 1.165) is 50.9 Å². The lowest BCUT2D eigenvalue weighted by atomic mass is 9.91. The van der Waals surface area contributed by atoms with Crippen LogP contribution in [0.15, 0.2) is 6.33 Å². The van der Waals surface area contributed by atoms with E-state index in [1.165, 1.54) is 0 Å². The number of amides is 1. The quantitative estimate of drug-likeness (QED) is 0.698. The lowest BCUT2D eigenvalue weighted by Gasteiger charge is -2.30. The molecule has 0 saturated heterocycles. The lowest BCUT2D eigenvalue weighted by Crippen LogP contribution is -2.44. The van der Waals surface area contributed by atoms with Crippen molar-refractivity contribution in [3.05, 3.63) is 12.2 Å². The molecule has 0 aromatic carbocycles. The van der Waals surface area contributed by atoms with Crippen LogP contribution in [-0.2, 0) is 11.2 Å². The van der Waals surface area contributed by atoms with E-state index in [2.05, 4.69) is 25.8 Å². The summed E-state index contributed by atoms with van der Waals surface area (Å²) in [5.74, 6) is 0.942. The first-order chi connectivity index (χ1) is 10.9. The number of nitrogens with one attached hydrogen (secondary N) is 3. The number of carbonyl (C=O) groups is 1. The molecule has 1 heterocycles. The highest BCUT2D eigenvalue weighted by atomic mass is 16.6. The van der Waals surface area contributed by atoms with Crippen LogP contribution in [0.5, 0.6) is 0 Å². The van der Waals surface area contributed by atoms with Gasteiger partial charge in [-0.3, -0.25) is 5.10 Å². The molecule has 0 spiro atoms. The Labute approximate surface area is 138 Å². The molecular formula is C16H29N5O2. The molecule has 1 fully saturated rings. The molecule has 0 bridgehead atoms. The number of carbonyl (C=O) groups excluding carboxylic acids is 1. The van der Waals surface area contributed by atoms with Gasteiger partial charge in [0.15, 0.2) is 0 Å². The van der Waals surface area contributed by atoms with E-state index < -0.39 is 5.60 Å². The van der Waals surface area contributed by atoms with Gasteiger partial charge in [-0.2, -0.15) is 5.10 Å². The van der Waals surface area contributed by atoms with E-state index in [-0.39, 0.29) is 12.1 Å². The zero-order valence-corrected chi connectivity index (χ0v) is 14.4. The third kappa shape index (κ3) is 6.99. The highest BCUT2D eigenvalue weighted by molar-refractivity contribution is 5.68. The molecule has 0 aliphatic heterocycles. The van der Waals surface area contributed by atoms with Crippen molar-refractivity contribution < 1.29 is 9.53 Å². The molecule has 23 heavy (non-hydrogen) atoms. The van der Waals surface area contributed by atoms with Gasteiger partial charge in [-0.05, 0) is 59.4 Å². The largest absolute Gasteiger partial charge is 0.444 e. The summed E-state index contributed by atoms with van der Waals surface area (Å²) >= 11 is 0. The minimum Gasteiger partial charge on any atom is -0.444 e. The summed E-state index contributed by atoms with van der Waals surface area (Å²) in [6, 6.07) is 0.776. The molecule has 2 rings (SSSR count). The number of hydrogen-bond acceptors (Lipinski definition) is 5. The molecule has 0 atom stereocenters. The maximum absolute atomic E-state index is 11.8. The summed E-state index contributed by atoms with van der Waals surface area (Å²) in [7, 11) is 0. The monoisotopic (exact) mass is 323 g/mol. The van der Waals surface area contributed by atoms with E-state index >= 15 is 0 Å². The second kappa shape index (κ2) is 8.29. The molecule has 1 aliphatic carbocycles. The Bertz CT molecular complexity index is 461. The SMILES string of the molecule is CC(C)(C)OC(=O)NC1CCC(NCCCc2ncn[nH]2)CC1. The Morgan fingerprint density at radius 1 is 1.30 bits per heavy atom.